The number of halogens is 1. The molecule has 0 bridgehead atoms. The van der Waals surface area contributed by atoms with Gasteiger partial charge in [0.25, 0.3) is 5.91 Å². The van der Waals surface area contributed by atoms with Crippen LogP contribution in [0.25, 0.3) is 0 Å². The van der Waals surface area contributed by atoms with Crippen LogP contribution in [0.5, 0.6) is 0 Å². The number of hydrogen-bond donors (Lipinski definition) is 3. The summed E-state index contributed by atoms with van der Waals surface area (Å²) in [5.41, 5.74) is 0. The van der Waals surface area contributed by atoms with Crippen molar-refractivity contribution in [2.24, 2.45) is 0 Å². The Morgan fingerprint density at radius 1 is 1.50 bits per heavy atom. The van der Waals surface area contributed by atoms with Gasteiger partial charge in [-0.15, -0.1) is 0 Å². The summed E-state index contributed by atoms with van der Waals surface area (Å²) in [5, 5.41) is 11.0. The van der Waals surface area contributed by atoms with E-state index in [1.54, 1.807) is 36.7 Å². The van der Waals surface area contributed by atoms with Crippen molar-refractivity contribution in [2.45, 2.75) is 26.0 Å². The van der Waals surface area contributed by atoms with Gasteiger partial charge in [0, 0.05) is 0 Å². The fourth-order valence-corrected chi connectivity index (χ4v) is 1.03. The topological polar surface area (TPSA) is 87.7 Å². The summed E-state index contributed by atoms with van der Waals surface area (Å²) in [6, 6.07) is -0.974. The first-order valence-corrected chi connectivity index (χ1v) is 5.07. The lowest BCUT2D eigenvalue weighted by Gasteiger charge is -2.15. The summed E-state index contributed by atoms with van der Waals surface area (Å²) in [6.45, 7) is 2.90. The largest absolute Gasteiger partial charge is 0.447 e. The highest BCUT2D eigenvalue weighted by molar-refractivity contribution is 14.1. The molecule has 0 aliphatic heterocycles. The average molecular weight is 316 g/mol. The third-order valence-corrected chi connectivity index (χ3v) is 1.76. The van der Waals surface area contributed by atoms with Crippen molar-refractivity contribution < 1.29 is 19.4 Å². The van der Waals surface area contributed by atoms with E-state index in [9.17, 15) is 9.59 Å². The predicted octanol–water partition coefficient (Wildman–Crippen LogP) is -0.0519. The minimum absolute atomic E-state index is 0.267. The number of carbonyl (C=O) groups is 2. The maximum absolute atomic E-state index is 11.0. The van der Waals surface area contributed by atoms with Crippen LogP contribution in [0.2, 0.25) is 0 Å². The van der Waals surface area contributed by atoms with Crippen LogP contribution < -0.4 is 8.85 Å². The summed E-state index contributed by atoms with van der Waals surface area (Å²) in [6.07, 6.45) is -0.990. The summed E-state index contributed by atoms with van der Waals surface area (Å²) < 4.78 is 7.01. The Bertz CT molecular complexity index is 210. The van der Waals surface area contributed by atoms with Gasteiger partial charge in [-0.3, -0.25) is 8.32 Å². The lowest BCUT2D eigenvalue weighted by atomic mass is 10.3. The second kappa shape index (κ2) is 6.82. The fraction of sp³-hybridized carbons (Fsp3) is 0.714. The number of carbonyl (C=O) groups excluding carboxylic acids is 2. The monoisotopic (exact) mass is 316 g/mol. The molecule has 0 rings (SSSR count). The lowest BCUT2D eigenvalue weighted by Crippen LogP contribution is -2.47. The van der Waals surface area contributed by atoms with E-state index < -0.39 is 24.6 Å². The van der Waals surface area contributed by atoms with E-state index in [-0.39, 0.29) is 6.10 Å². The Hall–Kier alpha value is -0.570. The molecule has 0 spiro atoms. The summed E-state index contributed by atoms with van der Waals surface area (Å²) in [4.78, 5) is 22.0. The Labute approximate surface area is 95.9 Å². The first-order chi connectivity index (χ1) is 6.51. The molecular weight excluding hydrogens is 303 g/mol. The zero-order valence-corrected chi connectivity index (χ0v) is 10.1. The molecule has 0 unspecified atom stereocenters. The van der Waals surface area contributed by atoms with Gasteiger partial charge in [0.15, 0.2) is 0 Å². The summed E-state index contributed by atoms with van der Waals surface area (Å²) >= 11 is 1.62. The van der Waals surface area contributed by atoms with E-state index in [0.717, 1.165) is 0 Å². The smallest absolute Gasteiger partial charge is 0.408 e. The van der Waals surface area contributed by atoms with Crippen LogP contribution in [0, 0.1) is 0 Å². The second-order valence-electron chi connectivity index (χ2n) is 2.79. The maximum Gasteiger partial charge on any atom is 0.408 e. The van der Waals surface area contributed by atoms with Gasteiger partial charge in [0.1, 0.15) is 6.04 Å². The number of rotatable bonds is 4. The highest BCUT2D eigenvalue weighted by atomic mass is 127. The molecule has 0 aliphatic carbocycles. The van der Waals surface area contributed by atoms with Crippen molar-refractivity contribution in [3.05, 3.63) is 0 Å². The Kier molecular flexibility index (Phi) is 6.54. The van der Waals surface area contributed by atoms with Crippen LogP contribution in [-0.4, -0.2) is 35.9 Å². The van der Waals surface area contributed by atoms with Crippen molar-refractivity contribution in [1.29, 1.82) is 0 Å². The van der Waals surface area contributed by atoms with Crippen molar-refractivity contribution in [1.82, 2.24) is 8.85 Å². The molecule has 3 N–H and O–H groups in total. The van der Waals surface area contributed by atoms with Gasteiger partial charge in [-0.2, -0.15) is 0 Å². The molecule has 0 saturated carbocycles. The van der Waals surface area contributed by atoms with Crippen molar-refractivity contribution >= 4 is 34.9 Å². The van der Waals surface area contributed by atoms with Gasteiger partial charge in [-0.05, 0) is 13.8 Å². The zero-order valence-electron chi connectivity index (χ0n) is 7.91. The molecule has 6 nitrogen and oxygen atoms in total. The van der Waals surface area contributed by atoms with Gasteiger partial charge in [0.2, 0.25) is 0 Å². The van der Waals surface area contributed by atoms with Gasteiger partial charge < -0.3 is 15.2 Å². The van der Waals surface area contributed by atoms with Crippen LogP contribution in [0.4, 0.5) is 4.79 Å². The van der Waals surface area contributed by atoms with E-state index in [4.69, 9.17) is 9.84 Å². The van der Waals surface area contributed by atoms with E-state index in [0.29, 0.717) is 0 Å². The number of ether oxygens (including phenoxy) is 1. The van der Waals surface area contributed by atoms with Gasteiger partial charge >= 0.3 is 6.09 Å². The molecule has 82 valence electrons. The van der Waals surface area contributed by atoms with Gasteiger partial charge in [-0.1, -0.05) is 0 Å². The van der Waals surface area contributed by atoms with Crippen molar-refractivity contribution in [3.63, 3.8) is 0 Å². The number of amides is 2. The van der Waals surface area contributed by atoms with Crippen LogP contribution >= 0.6 is 22.9 Å². The number of hydrogen-bond acceptors (Lipinski definition) is 4. The van der Waals surface area contributed by atoms with Crippen LogP contribution in [-0.2, 0) is 9.53 Å². The minimum Gasteiger partial charge on any atom is -0.447 e. The third kappa shape index (κ3) is 5.22. The molecule has 0 aromatic rings. The van der Waals surface area contributed by atoms with Crippen LogP contribution in [0.3, 0.4) is 0 Å². The molecule has 0 fully saturated rings. The molecule has 1 atom stereocenters. The highest BCUT2D eigenvalue weighted by Crippen LogP contribution is 1.91. The van der Waals surface area contributed by atoms with Gasteiger partial charge in [0.05, 0.1) is 35.6 Å². The Morgan fingerprint density at radius 2 is 2.07 bits per heavy atom. The molecule has 0 aromatic heterocycles. The number of alkyl carbamates (subject to hydrolysis) is 1. The Balaban J connectivity index is 4.05. The number of aliphatic hydroxyl groups is 1. The van der Waals surface area contributed by atoms with Gasteiger partial charge in [-0.25, -0.2) is 4.79 Å². The molecule has 2 amide bonds. The van der Waals surface area contributed by atoms with Crippen molar-refractivity contribution in [3.8, 4) is 0 Å². The lowest BCUT2D eigenvalue weighted by molar-refractivity contribution is -0.121. The van der Waals surface area contributed by atoms with E-state index >= 15 is 0 Å². The minimum atomic E-state index is -0.974. The molecule has 0 aliphatic rings. The standard InChI is InChI=1S/C7H13IN2O4/c1-4(2)14-7(13)9-5(3-11)6(12)10-8/h4-5,11H,3H2,1-2H3,(H,9,13)(H,10,12)/t5-/m0/s1. The first kappa shape index (κ1) is 13.4. The third-order valence-electron chi connectivity index (χ3n) is 1.23. The Morgan fingerprint density at radius 3 is 2.43 bits per heavy atom. The normalized spacial score (nSPS) is 12.1. The van der Waals surface area contributed by atoms with Crippen molar-refractivity contribution in [2.75, 3.05) is 6.61 Å². The SMILES string of the molecule is CC(C)OC(=O)N[C@@H](CO)C(=O)NI. The summed E-state index contributed by atoms with van der Waals surface area (Å²) in [5.74, 6) is -0.478. The molecule has 14 heavy (non-hydrogen) atoms. The first-order valence-electron chi connectivity index (χ1n) is 3.99. The van der Waals surface area contributed by atoms with Crippen LogP contribution in [0.15, 0.2) is 0 Å². The zero-order chi connectivity index (χ0) is 11.1. The molecular formula is C7H13IN2O4. The quantitative estimate of drug-likeness (QED) is 0.501. The number of aliphatic hydroxyl groups excluding tert-OH is 1. The average Bonchev–Trinajstić information content (AvgIpc) is 2.11. The molecule has 0 radical (unpaired) electrons. The molecule has 0 saturated heterocycles. The fourth-order valence-electron chi connectivity index (χ4n) is 0.650. The second-order valence-corrected chi connectivity index (χ2v) is 3.33. The van der Waals surface area contributed by atoms with E-state index in [2.05, 4.69) is 8.85 Å². The highest BCUT2D eigenvalue weighted by Gasteiger charge is 2.19. The van der Waals surface area contributed by atoms with Crippen LogP contribution in [0.1, 0.15) is 13.8 Å². The summed E-state index contributed by atoms with van der Waals surface area (Å²) in [7, 11) is 0. The number of nitrogens with one attached hydrogen (secondary N) is 2. The molecule has 7 heteroatoms. The molecule has 0 heterocycles. The van der Waals surface area contributed by atoms with E-state index in [1.807, 2.05) is 0 Å². The van der Waals surface area contributed by atoms with E-state index in [1.165, 1.54) is 0 Å². The molecule has 0 aromatic carbocycles. The maximum atomic E-state index is 11.0. The predicted molar refractivity (Wildman–Crippen MR) is 57.8 cm³/mol.